The quantitative estimate of drug-likeness (QED) is 0.813. The van der Waals surface area contributed by atoms with Crippen molar-refractivity contribution < 1.29 is 17.6 Å². The molecular formula is C17H17F4N3. The van der Waals surface area contributed by atoms with Gasteiger partial charge in [0, 0.05) is 24.3 Å². The van der Waals surface area contributed by atoms with Crippen molar-refractivity contribution in [1.82, 2.24) is 9.97 Å². The summed E-state index contributed by atoms with van der Waals surface area (Å²) in [5.74, 6) is -3.81. The summed E-state index contributed by atoms with van der Waals surface area (Å²) in [5.41, 5.74) is 6.72. The number of rotatable bonds is 2. The van der Waals surface area contributed by atoms with Crippen molar-refractivity contribution in [2.45, 2.75) is 44.4 Å². The summed E-state index contributed by atoms with van der Waals surface area (Å²) in [6, 6.07) is 3.03. The summed E-state index contributed by atoms with van der Waals surface area (Å²) in [7, 11) is 0. The second-order valence-corrected chi connectivity index (χ2v) is 6.17. The van der Waals surface area contributed by atoms with Gasteiger partial charge in [-0.25, -0.2) is 27.5 Å². The molecule has 1 aromatic carbocycles. The van der Waals surface area contributed by atoms with Crippen LogP contribution in [0.15, 0.2) is 18.2 Å². The molecule has 1 aliphatic rings. The average Bonchev–Trinajstić information content (AvgIpc) is 2.52. The number of aryl methyl sites for hydroxylation is 1. The monoisotopic (exact) mass is 339 g/mol. The zero-order valence-electron chi connectivity index (χ0n) is 13.1. The first-order chi connectivity index (χ1) is 11.3. The third kappa shape index (κ3) is 3.20. The van der Waals surface area contributed by atoms with E-state index in [4.69, 9.17) is 5.73 Å². The topological polar surface area (TPSA) is 51.8 Å². The molecule has 0 spiro atoms. The van der Waals surface area contributed by atoms with E-state index in [1.807, 2.05) is 0 Å². The summed E-state index contributed by atoms with van der Waals surface area (Å²) in [6.07, 6.45) is 0.0328. The summed E-state index contributed by atoms with van der Waals surface area (Å²) >= 11 is 0. The zero-order chi connectivity index (χ0) is 17.5. The van der Waals surface area contributed by atoms with E-state index in [1.54, 1.807) is 6.92 Å². The smallest absolute Gasteiger partial charge is 0.248 e. The molecule has 3 rings (SSSR count). The fraction of sp³-hybridized carbons (Fsp3) is 0.412. The first-order valence-electron chi connectivity index (χ1n) is 7.74. The molecule has 0 radical (unpaired) electrons. The molecule has 7 heteroatoms. The van der Waals surface area contributed by atoms with E-state index in [0.717, 1.165) is 18.2 Å². The minimum absolute atomic E-state index is 0.0552. The first kappa shape index (κ1) is 16.7. The highest BCUT2D eigenvalue weighted by Crippen LogP contribution is 2.43. The molecule has 3 nitrogen and oxygen atoms in total. The molecule has 1 saturated carbocycles. The van der Waals surface area contributed by atoms with Gasteiger partial charge in [-0.1, -0.05) is 0 Å². The van der Waals surface area contributed by atoms with Crippen LogP contribution in [-0.4, -0.2) is 15.9 Å². The van der Waals surface area contributed by atoms with Crippen LogP contribution in [-0.2, 0) is 0 Å². The highest BCUT2D eigenvalue weighted by molar-refractivity contribution is 5.74. The molecule has 1 aromatic heterocycles. The highest BCUT2D eigenvalue weighted by atomic mass is 19.3. The van der Waals surface area contributed by atoms with Crippen LogP contribution in [0.3, 0.4) is 0 Å². The van der Waals surface area contributed by atoms with E-state index in [9.17, 15) is 17.6 Å². The Morgan fingerprint density at radius 2 is 1.79 bits per heavy atom. The molecule has 1 heterocycles. The van der Waals surface area contributed by atoms with Crippen LogP contribution in [0.5, 0.6) is 0 Å². The second-order valence-electron chi connectivity index (χ2n) is 6.17. The Balaban J connectivity index is 2.04. The SMILES string of the molecule is Cc1nc(-c2cc(F)ccc2F)c(N)c(C2CCC(F)(F)CC2)n1. The van der Waals surface area contributed by atoms with Gasteiger partial charge in [-0.15, -0.1) is 0 Å². The minimum atomic E-state index is -2.66. The van der Waals surface area contributed by atoms with Gasteiger partial charge in [0.1, 0.15) is 23.2 Å². The van der Waals surface area contributed by atoms with E-state index in [-0.39, 0.29) is 48.5 Å². The lowest BCUT2D eigenvalue weighted by Gasteiger charge is -2.29. The normalized spacial score (nSPS) is 17.9. The average molecular weight is 339 g/mol. The highest BCUT2D eigenvalue weighted by Gasteiger charge is 2.37. The molecule has 0 unspecified atom stereocenters. The van der Waals surface area contributed by atoms with Crippen LogP contribution in [0.1, 0.15) is 43.1 Å². The second kappa shape index (κ2) is 6.03. The predicted octanol–water partition coefficient (Wildman–Crippen LogP) is 4.61. The number of anilines is 1. The number of nitrogens with two attached hydrogens (primary N) is 1. The van der Waals surface area contributed by atoms with E-state index in [1.165, 1.54) is 0 Å². The van der Waals surface area contributed by atoms with Crippen molar-refractivity contribution in [2.24, 2.45) is 0 Å². The van der Waals surface area contributed by atoms with Crippen LogP contribution >= 0.6 is 0 Å². The third-order valence-corrected chi connectivity index (χ3v) is 4.37. The van der Waals surface area contributed by atoms with Crippen LogP contribution in [0.25, 0.3) is 11.3 Å². The van der Waals surface area contributed by atoms with Crippen molar-refractivity contribution in [3.8, 4) is 11.3 Å². The molecule has 0 saturated heterocycles. The summed E-state index contributed by atoms with van der Waals surface area (Å²) in [5, 5.41) is 0. The van der Waals surface area contributed by atoms with Gasteiger partial charge in [0.25, 0.3) is 0 Å². The van der Waals surface area contributed by atoms with Gasteiger partial charge in [-0.2, -0.15) is 0 Å². The lowest BCUT2D eigenvalue weighted by Crippen LogP contribution is -2.25. The Kier molecular flexibility index (Phi) is 4.19. The lowest BCUT2D eigenvalue weighted by atomic mass is 9.83. The molecule has 24 heavy (non-hydrogen) atoms. The molecule has 2 N–H and O–H groups in total. The molecular weight excluding hydrogens is 322 g/mol. The van der Waals surface area contributed by atoms with Crippen LogP contribution in [0, 0.1) is 18.6 Å². The number of halogens is 4. The van der Waals surface area contributed by atoms with Gasteiger partial charge in [0.15, 0.2) is 0 Å². The Labute approximate surface area is 136 Å². The third-order valence-electron chi connectivity index (χ3n) is 4.37. The minimum Gasteiger partial charge on any atom is -0.395 e. The van der Waals surface area contributed by atoms with Gasteiger partial charge in [-0.3, -0.25) is 0 Å². The number of hydrogen-bond acceptors (Lipinski definition) is 3. The molecule has 0 amide bonds. The number of benzene rings is 1. The maximum absolute atomic E-state index is 14.1. The molecule has 0 bridgehead atoms. The van der Waals surface area contributed by atoms with Gasteiger partial charge in [0.2, 0.25) is 5.92 Å². The molecule has 0 aliphatic heterocycles. The molecule has 2 aromatic rings. The maximum Gasteiger partial charge on any atom is 0.248 e. The van der Waals surface area contributed by atoms with E-state index >= 15 is 0 Å². The van der Waals surface area contributed by atoms with Gasteiger partial charge in [-0.05, 0) is 38.0 Å². The molecule has 1 aliphatic carbocycles. The Hall–Kier alpha value is -2.18. The summed E-state index contributed by atoms with van der Waals surface area (Å²) < 4.78 is 54.3. The molecule has 128 valence electrons. The fourth-order valence-electron chi connectivity index (χ4n) is 3.11. The maximum atomic E-state index is 14.1. The fourth-order valence-corrected chi connectivity index (χ4v) is 3.11. The summed E-state index contributed by atoms with van der Waals surface area (Å²) in [6.45, 7) is 1.61. The zero-order valence-corrected chi connectivity index (χ0v) is 13.1. The Bertz CT molecular complexity index is 767. The van der Waals surface area contributed by atoms with Gasteiger partial charge >= 0.3 is 0 Å². The van der Waals surface area contributed by atoms with E-state index in [0.29, 0.717) is 11.5 Å². The number of aromatic nitrogens is 2. The van der Waals surface area contributed by atoms with E-state index < -0.39 is 17.6 Å². The van der Waals surface area contributed by atoms with Crippen molar-refractivity contribution in [2.75, 3.05) is 5.73 Å². The van der Waals surface area contributed by atoms with Crippen molar-refractivity contribution in [3.63, 3.8) is 0 Å². The number of hydrogen-bond donors (Lipinski definition) is 1. The van der Waals surface area contributed by atoms with Crippen LogP contribution < -0.4 is 5.73 Å². The van der Waals surface area contributed by atoms with E-state index in [2.05, 4.69) is 9.97 Å². The summed E-state index contributed by atoms with van der Waals surface area (Å²) in [4.78, 5) is 8.42. The number of nitrogen functional groups attached to an aromatic ring is 1. The van der Waals surface area contributed by atoms with Crippen molar-refractivity contribution >= 4 is 5.69 Å². The molecule has 1 fully saturated rings. The van der Waals surface area contributed by atoms with Crippen LogP contribution in [0.4, 0.5) is 23.2 Å². The lowest BCUT2D eigenvalue weighted by molar-refractivity contribution is -0.0384. The Morgan fingerprint density at radius 3 is 2.46 bits per heavy atom. The van der Waals surface area contributed by atoms with Crippen LogP contribution in [0.2, 0.25) is 0 Å². The number of alkyl halides is 2. The van der Waals surface area contributed by atoms with Crippen molar-refractivity contribution in [1.29, 1.82) is 0 Å². The first-order valence-corrected chi connectivity index (χ1v) is 7.74. The number of nitrogens with zero attached hydrogens (tertiary/aromatic N) is 2. The largest absolute Gasteiger partial charge is 0.395 e. The van der Waals surface area contributed by atoms with Crippen molar-refractivity contribution in [3.05, 3.63) is 41.4 Å². The predicted molar refractivity (Wildman–Crippen MR) is 82.7 cm³/mol. The van der Waals surface area contributed by atoms with Gasteiger partial charge < -0.3 is 5.73 Å². The molecule has 0 atom stereocenters. The standard InChI is InChI=1S/C17H17F4N3/c1-9-23-15(10-4-6-17(20,21)7-5-10)14(22)16(24-9)12-8-11(18)2-3-13(12)19/h2-3,8,10H,4-7,22H2,1H3. The Morgan fingerprint density at radius 1 is 1.12 bits per heavy atom. The van der Waals surface area contributed by atoms with Gasteiger partial charge in [0.05, 0.1) is 11.4 Å².